The van der Waals surface area contributed by atoms with Crippen LogP contribution in [0.3, 0.4) is 0 Å². The Morgan fingerprint density at radius 1 is 1.19 bits per heavy atom. The van der Waals surface area contributed by atoms with Crippen LogP contribution in [-0.2, 0) is 4.79 Å². The molecule has 1 N–H and O–H groups in total. The molecule has 1 fully saturated rings. The van der Waals surface area contributed by atoms with E-state index in [1.807, 2.05) is 41.3 Å². The smallest absolute Gasteiger partial charge is 0.226 e. The van der Waals surface area contributed by atoms with Gasteiger partial charge in [0, 0.05) is 41.9 Å². The maximum atomic E-state index is 12.8. The highest BCUT2D eigenvalue weighted by Gasteiger charge is 2.29. The van der Waals surface area contributed by atoms with Crippen LogP contribution < -0.4 is 4.90 Å². The van der Waals surface area contributed by atoms with Crippen LogP contribution in [0.2, 0.25) is 0 Å². The summed E-state index contributed by atoms with van der Waals surface area (Å²) in [6, 6.07) is 18.0. The van der Waals surface area contributed by atoms with Crippen molar-refractivity contribution < 1.29 is 15.4 Å². The van der Waals surface area contributed by atoms with Gasteiger partial charge in [-0.15, -0.1) is 0 Å². The van der Waals surface area contributed by atoms with Crippen molar-refractivity contribution in [2.45, 2.75) is 38.2 Å². The Labute approximate surface area is 161 Å². The molecule has 0 aromatic heterocycles. The average Bonchev–Trinajstić information content (AvgIpc) is 2.69. The molecule has 1 aliphatic rings. The lowest BCUT2D eigenvalue weighted by molar-refractivity contribution is -0.119. The largest absolute Gasteiger partial charge is 0.387 e. The second-order valence-corrected chi connectivity index (χ2v) is 6.60. The Morgan fingerprint density at radius 3 is 2.42 bits per heavy atom. The van der Waals surface area contributed by atoms with Crippen molar-refractivity contribution in [2.75, 3.05) is 24.5 Å². The molecule has 2 aromatic carbocycles. The van der Waals surface area contributed by atoms with Gasteiger partial charge >= 0.3 is 0 Å². The summed E-state index contributed by atoms with van der Waals surface area (Å²) >= 11 is 0. The summed E-state index contributed by atoms with van der Waals surface area (Å²) in [6.45, 7) is -0.910. The third-order valence-corrected chi connectivity index (χ3v) is 4.86. The standard InChI is InChI=1S/C22H28N2O2/c1-2-22(26)24(19-11-7-4-8-12-19)20-13-15-23(16-14-20)17-21(25)18-9-5-3-6-10-18/h3-12,20-21,25H,2,13-17H2,1H3/i1D3,21D. The zero-order chi connectivity index (χ0) is 21.8. The van der Waals surface area contributed by atoms with E-state index >= 15 is 0 Å². The fourth-order valence-corrected chi connectivity index (χ4v) is 3.50. The number of para-hydroxylation sites is 1. The zero-order valence-electron chi connectivity index (χ0n) is 18.8. The van der Waals surface area contributed by atoms with Crippen molar-refractivity contribution in [3.05, 3.63) is 66.2 Å². The highest BCUT2D eigenvalue weighted by Crippen LogP contribution is 2.25. The monoisotopic (exact) mass is 356 g/mol. The summed E-state index contributed by atoms with van der Waals surface area (Å²) in [5, 5.41) is 10.6. The van der Waals surface area contributed by atoms with E-state index in [-0.39, 0.29) is 12.6 Å². The van der Waals surface area contributed by atoms with E-state index in [0.717, 1.165) is 0 Å². The maximum absolute atomic E-state index is 12.8. The lowest BCUT2D eigenvalue weighted by atomic mass is 10.0. The molecule has 0 spiro atoms. The highest BCUT2D eigenvalue weighted by molar-refractivity contribution is 5.93. The number of benzene rings is 2. The first-order chi connectivity index (χ1) is 14.2. The van der Waals surface area contributed by atoms with E-state index in [4.69, 9.17) is 5.48 Å². The van der Waals surface area contributed by atoms with Gasteiger partial charge < -0.3 is 14.9 Å². The van der Waals surface area contributed by atoms with Crippen molar-refractivity contribution in [3.8, 4) is 0 Å². The van der Waals surface area contributed by atoms with Crippen molar-refractivity contribution >= 4 is 11.6 Å². The topological polar surface area (TPSA) is 43.8 Å². The van der Waals surface area contributed by atoms with E-state index in [0.29, 0.717) is 37.2 Å². The summed E-state index contributed by atoms with van der Waals surface area (Å²) in [7, 11) is 0. The molecule has 138 valence electrons. The van der Waals surface area contributed by atoms with Crippen LogP contribution in [-0.4, -0.2) is 41.6 Å². The fraction of sp³-hybridized carbons (Fsp3) is 0.409. The van der Waals surface area contributed by atoms with E-state index in [1.165, 1.54) is 0 Å². The number of β-amino-alcohol motifs (C(OH)–C–C–N with tert-alkyl or cyclic N) is 1. The molecule has 1 unspecified atom stereocenters. The summed E-state index contributed by atoms with van der Waals surface area (Å²) in [4.78, 5) is 16.5. The second kappa shape index (κ2) is 8.97. The van der Waals surface area contributed by atoms with Crippen LogP contribution in [0.5, 0.6) is 0 Å². The first-order valence-corrected chi connectivity index (χ1v) is 9.03. The Bertz CT molecular complexity index is 820. The molecule has 2 aromatic rings. The number of piperidine rings is 1. The molecule has 26 heavy (non-hydrogen) atoms. The van der Waals surface area contributed by atoms with E-state index in [9.17, 15) is 9.90 Å². The third kappa shape index (κ3) is 4.51. The normalized spacial score (nSPS) is 21.0. The van der Waals surface area contributed by atoms with Gasteiger partial charge in [-0.2, -0.15) is 0 Å². The summed E-state index contributed by atoms with van der Waals surface area (Å²) in [6.07, 6.45) is -0.911. The SMILES string of the molecule is [2H]C([2H])([2H])CC(=O)N(c1ccccc1)C1CCN(CC([2H])(O)c2ccccc2)CC1. The predicted octanol–water partition coefficient (Wildman–Crippen LogP) is 3.63. The molecule has 0 saturated carbocycles. The molecule has 0 aliphatic carbocycles. The number of hydrogen-bond acceptors (Lipinski definition) is 3. The summed E-state index contributed by atoms with van der Waals surface area (Å²) < 4.78 is 30.7. The molecule has 4 heteroatoms. The minimum Gasteiger partial charge on any atom is -0.387 e. The number of likely N-dealkylation sites (tertiary alicyclic amines) is 1. The van der Waals surface area contributed by atoms with Gasteiger partial charge in [0.1, 0.15) is 0 Å². The Hall–Kier alpha value is -2.17. The van der Waals surface area contributed by atoms with Crippen molar-refractivity contribution in [3.63, 3.8) is 0 Å². The molecule has 1 amide bonds. The Morgan fingerprint density at radius 2 is 1.81 bits per heavy atom. The fourth-order valence-electron chi connectivity index (χ4n) is 3.50. The second-order valence-electron chi connectivity index (χ2n) is 6.60. The zero-order valence-corrected chi connectivity index (χ0v) is 14.8. The first-order valence-electron chi connectivity index (χ1n) is 11.0. The number of carbonyl (C=O) groups is 1. The Kier molecular flexibility index (Phi) is 4.81. The summed E-state index contributed by atoms with van der Waals surface area (Å²) in [5.74, 6) is -0.402. The molecule has 1 atom stereocenters. The van der Waals surface area contributed by atoms with Gasteiger partial charge in [0.2, 0.25) is 5.91 Å². The lowest BCUT2D eigenvalue weighted by Gasteiger charge is -2.39. The molecular weight excluding hydrogens is 324 g/mol. The molecule has 1 aliphatic heterocycles. The first kappa shape index (κ1) is 14.0. The van der Waals surface area contributed by atoms with Crippen LogP contribution in [0.25, 0.3) is 0 Å². The number of aliphatic hydroxyl groups is 1. The van der Waals surface area contributed by atoms with Crippen LogP contribution in [0, 0.1) is 0 Å². The molecule has 1 heterocycles. The lowest BCUT2D eigenvalue weighted by Crippen LogP contribution is -2.48. The van der Waals surface area contributed by atoms with Crippen LogP contribution in [0.4, 0.5) is 5.69 Å². The van der Waals surface area contributed by atoms with Gasteiger partial charge in [-0.3, -0.25) is 4.79 Å². The van der Waals surface area contributed by atoms with Crippen molar-refractivity contribution in [2.24, 2.45) is 0 Å². The number of rotatable bonds is 6. The van der Waals surface area contributed by atoms with Crippen molar-refractivity contribution in [1.29, 1.82) is 0 Å². The number of nitrogens with zero attached hydrogens (tertiary/aromatic N) is 2. The minimum absolute atomic E-state index is 0.117. The van der Waals surface area contributed by atoms with Crippen LogP contribution in [0.1, 0.15) is 43.2 Å². The number of anilines is 1. The Balaban J connectivity index is 1.68. The molecule has 1 saturated heterocycles. The van der Waals surface area contributed by atoms with E-state index in [2.05, 4.69) is 0 Å². The van der Waals surface area contributed by atoms with Crippen molar-refractivity contribution in [1.82, 2.24) is 4.90 Å². The quantitative estimate of drug-likeness (QED) is 0.860. The molecule has 0 radical (unpaired) electrons. The third-order valence-electron chi connectivity index (χ3n) is 4.86. The van der Waals surface area contributed by atoms with Gasteiger partial charge in [-0.25, -0.2) is 0 Å². The molecule has 4 nitrogen and oxygen atoms in total. The molecule has 3 rings (SSSR count). The van der Waals surface area contributed by atoms with E-state index < -0.39 is 25.3 Å². The van der Waals surface area contributed by atoms with Gasteiger partial charge in [-0.1, -0.05) is 55.4 Å². The summed E-state index contributed by atoms with van der Waals surface area (Å²) in [5.41, 5.74) is 1.25. The van der Waals surface area contributed by atoms with Gasteiger partial charge in [0.05, 0.1) is 7.45 Å². The maximum Gasteiger partial charge on any atom is 0.226 e. The average molecular weight is 357 g/mol. The highest BCUT2D eigenvalue weighted by atomic mass is 16.3. The number of carbonyl (C=O) groups excluding carboxylic acids is 1. The molecule has 0 bridgehead atoms. The van der Waals surface area contributed by atoms with Gasteiger partial charge in [0.15, 0.2) is 0 Å². The number of amides is 1. The molecular formula is C22H28N2O2. The van der Waals surface area contributed by atoms with Crippen LogP contribution in [0.15, 0.2) is 60.7 Å². The van der Waals surface area contributed by atoms with Gasteiger partial charge in [0.25, 0.3) is 0 Å². The van der Waals surface area contributed by atoms with Crippen LogP contribution >= 0.6 is 0 Å². The predicted molar refractivity (Wildman–Crippen MR) is 105 cm³/mol. The van der Waals surface area contributed by atoms with E-state index in [1.54, 1.807) is 29.2 Å². The minimum atomic E-state index is -2.32. The van der Waals surface area contributed by atoms with Gasteiger partial charge in [-0.05, 0) is 30.5 Å². The number of hydrogen-bond donors (Lipinski definition) is 1.